The lowest BCUT2D eigenvalue weighted by Gasteiger charge is -2.44. The van der Waals surface area contributed by atoms with Crippen LogP contribution in [0.1, 0.15) is 27.7 Å². The Morgan fingerprint density at radius 1 is 1.00 bits per heavy atom. The van der Waals surface area contributed by atoms with E-state index < -0.39 is 0 Å². The average molecular weight is 171 g/mol. The van der Waals surface area contributed by atoms with E-state index >= 15 is 0 Å². The van der Waals surface area contributed by atoms with Gasteiger partial charge >= 0.3 is 0 Å². The van der Waals surface area contributed by atoms with E-state index in [0.29, 0.717) is 10.5 Å². The summed E-state index contributed by atoms with van der Waals surface area (Å²) in [5.74, 6) is 0. The summed E-state index contributed by atoms with van der Waals surface area (Å²) in [6.07, 6.45) is 0. The monoisotopic (exact) mass is 171 g/mol. The molecule has 0 fully saturated rings. The van der Waals surface area contributed by atoms with Crippen molar-refractivity contribution in [2.75, 3.05) is 13.3 Å². The van der Waals surface area contributed by atoms with Gasteiger partial charge in [-0.05, 0) is 18.5 Å². The molecule has 0 heterocycles. The van der Waals surface area contributed by atoms with E-state index in [1.165, 1.54) is 0 Å². The second kappa shape index (κ2) is 3.48. The van der Waals surface area contributed by atoms with Gasteiger partial charge in [-0.1, -0.05) is 39.8 Å². The average Bonchev–Trinajstić information content (AvgIpc) is 1.87. The van der Waals surface area contributed by atoms with Gasteiger partial charge in [0.1, 0.15) is 7.28 Å². The van der Waals surface area contributed by atoms with E-state index in [-0.39, 0.29) is 7.92 Å². The minimum absolute atomic E-state index is 0.131. The summed E-state index contributed by atoms with van der Waals surface area (Å²) in [4.78, 5) is 0. The van der Waals surface area contributed by atoms with Crippen molar-refractivity contribution in [3.05, 3.63) is 0 Å². The first-order valence-corrected chi connectivity index (χ1v) is 6.47. The maximum absolute atomic E-state index is 2.37. The van der Waals surface area contributed by atoms with Crippen LogP contribution in [0.2, 0.25) is 12.1 Å². The Hall–Kier alpha value is 0.495. The summed E-state index contributed by atoms with van der Waals surface area (Å²) >= 11 is 0. The van der Waals surface area contributed by atoms with Crippen LogP contribution in [0.4, 0.5) is 0 Å². The largest absolute Gasteiger partial charge is 0.114 e. The molecule has 0 nitrogen and oxygen atoms in total. The number of hydrogen-bond acceptors (Lipinski definition) is 0. The van der Waals surface area contributed by atoms with Crippen LogP contribution in [-0.2, 0) is 0 Å². The highest BCUT2D eigenvalue weighted by Crippen LogP contribution is 2.56. The third kappa shape index (κ3) is 2.21. The normalized spacial score (nSPS) is 13.8. The maximum Gasteiger partial charge on any atom is 0.114 e. The van der Waals surface area contributed by atoms with Crippen molar-refractivity contribution in [3.8, 4) is 0 Å². The molecule has 0 rings (SSSR count). The highest BCUT2D eigenvalue weighted by molar-refractivity contribution is 7.57. The Morgan fingerprint density at radius 2 is 1.36 bits per heavy atom. The second-order valence-corrected chi connectivity index (χ2v) is 7.37. The van der Waals surface area contributed by atoms with Gasteiger partial charge in [-0.15, -0.1) is 7.92 Å². The third-order valence-corrected chi connectivity index (χ3v) is 6.23. The van der Waals surface area contributed by atoms with Crippen LogP contribution < -0.4 is 0 Å². The standard InChI is InChI=1S/C9H21BP/c1-8(2,10-5)9(3,4)11(6)7/h1-7H3. The lowest BCUT2D eigenvalue weighted by Crippen LogP contribution is -2.34. The van der Waals surface area contributed by atoms with Gasteiger partial charge in [0.15, 0.2) is 0 Å². The first-order valence-electron chi connectivity index (χ1n) is 4.23. The Kier molecular flexibility index (Phi) is 3.63. The SMILES string of the molecule is C[B]C(C)(C)C(C)(C)P(C)C. The molecule has 2 heteroatoms. The summed E-state index contributed by atoms with van der Waals surface area (Å²) in [7, 11) is 2.46. The van der Waals surface area contributed by atoms with E-state index in [2.05, 4.69) is 55.1 Å². The zero-order valence-electron chi connectivity index (χ0n) is 9.02. The lowest BCUT2D eigenvalue weighted by atomic mass is 9.51. The molecule has 0 amide bonds. The highest BCUT2D eigenvalue weighted by atomic mass is 31.1. The molecule has 65 valence electrons. The fourth-order valence-electron chi connectivity index (χ4n) is 0.930. The molecule has 11 heavy (non-hydrogen) atoms. The number of rotatable bonds is 3. The molecule has 0 aliphatic carbocycles. The van der Waals surface area contributed by atoms with E-state index in [1.54, 1.807) is 0 Å². The molecule has 0 aromatic carbocycles. The van der Waals surface area contributed by atoms with Gasteiger partial charge in [-0.3, -0.25) is 0 Å². The van der Waals surface area contributed by atoms with Crippen LogP contribution in [0.25, 0.3) is 0 Å². The van der Waals surface area contributed by atoms with Crippen LogP contribution in [-0.4, -0.2) is 25.8 Å². The van der Waals surface area contributed by atoms with Crippen molar-refractivity contribution in [3.63, 3.8) is 0 Å². The molecule has 0 saturated carbocycles. The quantitative estimate of drug-likeness (QED) is 0.450. The zero-order valence-corrected chi connectivity index (χ0v) is 9.92. The van der Waals surface area contributed by atoms with Gasteiger partial charge in [0.25, 0.3) is 0 Å². The molecule has 1 radical (unpaired) electrons. The van der Waals surface area contributed by atoms with E-state index in [1.807, 2.05) is 0 Å². The van der Waals surface area contributed by atoms with Gasteiger partial charge in [-0.25, -0.2) is 0 Å². The van der Waals surface area contributed by atoms with Crippen molar-refractivity contribution in [1.82, 2.24) is 0 Å². The lowest BCUT2D eigenvalue weighted by molar-refractivity contribution is 0.513. The zero-order chi connectivity index (χ0) is 9.28. The Bertz CT molecular complexity index is 128. The van der Waals surface area contributed by atoms with Crippen molar-refractivity contribution in [2.24, 2.45) is 0 Å². The first kappa shape index (κ1) is 11.5. The van der Waals surface area contributed by atoms with Crippen molar-refractivity contribution in [1.29, 1.82) is 0 Å². The Labute approximate surface area is 74.1 Å². The van der Waals surface area contributed by atoms with E-state index in [9.17, 15) is 0 Å². The molecular formula is C9H21BP. The minimum Gasteiger partial charge on any atom is -0.107 e. The topological polar surface area (TPSA) is 0 Å². The van der Waals surface area contributed by atoms with Gasteiger partial charge < -0.3 is 0 Å². The summed E-state index contributed by atoms with van der Waals surface area (Å²) in [5.41, 5.74) is 0. The molecule has 0 atom stereocenters. The molecule has 0 aliphatic heterocycles. The molecule has 0 unspecified atom stereocenters. The van der Waals surface area contributed by atoms with E-state index in [0.717, 1.165) is 0 Å². The fourth-order valence-corrected chi connectivity index (χ4v) is 2.21. The van der Waals surface area contributed by atoms with Gasteiger partial charge in [0.2, 0.25) is 0 Å². The molecule has 0 bridgehead atoms. The van der Waals surface area contributed by atoms with Crippen LogP contribution in [0.3, 0.4) is 0 Å². The first-order chi connectivity index (χ1) is 4.75. The summed E-state index contributed by atoms with van der Waals surface area (Å²) in [6.45, 7) is 16.3. The molecule has 0 aromatic heterocycles. The van der Waals surface area contributed by atoms with E-state index in [4.69, 9.17) is 0 Å². The van der Waals surface area contributed by atoms with Crippen LogP contribution in [0.15, 0.2) is 0 Å². The Balaban J connectivity index is 4.53. The van der Waals surface area contributed by atoms with Gasteiger partial charge in [0.05, 0.1) is 0 Å². The molecule has 0 saturated heterocycles. The van der Waals surface area contributed by atoms with Crippen molar-refractivity contribution in [2.45, 2.75) is 45.0 Å². The van der Waals surface area contributed by atoms with Crippen molar-refractivity contribution < 1.29 is 0 Å². The summed E-state index contributed by atoms with van der Waals surface area (Å²) in [6, 6.07) is 0. The molecule has 0 aliphatic rings. The molecule has 0 aromatic rings. The van der Waals surface area contributed by atoms with Gasteiger partial charge in [0, 0.05) is 0 Å². The highest BCUT2D eigenvalue weighted by Gasteiger charge is 2.37. The summed E-state index contributed by atoms with van der Waals surface area (Å²) in [5, 5.41) is 0.819. The predicted molar refractivity (Wildman–Crippen MR) is 58.5 cm³/mol. The maximum atomic E-state index is 2.37. The molecule has 0 spiro atoms. The van der Waals surface area contributed by atoms with Gasteiger partial charge in [-0.2, -0.15) is 0 Å². The molecule has 0 N–H and O–H groups in total. The van der Waals surface area contributed by atoms with Crippen LogP contribution >= 0.6 is 7.92 Å². The second-order valence-electron chi connectivity index (χ2n) is 4.46. The smallest absolute Gasteiger partial charge is 0.107 e. The molecular weight excluding hydrogens is 150 g/mol. The minimum atomic E-state index is 0.131. The fraction of sp³-hybridized carbons (Fsp3) is 1.00. The number of hydrogen-bond donors (Lipinski definition) is 0. The van der Waals surface area contributed by atoms with Crippen molar-refractivity contribution >= 4 is 15.2 Å². The van der Waals surface area contributed by atoms with Crippen LogP contribution in [0, 0.1) is 0 Å². The predicted octanol–water partition coefficient (Wildman–Crippen LogP) is 3.46. The Morgan fingerprint density at radius 3 is 1.45 bits per heavy atom. The third-order valence-electron chi connectivity index (χ3n) is 3.42. The van der Waals surface area contributed by atoms with Crippen LogP contribution in [0.5, 0.6) is 0 Å². The summed E-state index contributed by atoms with van der Waals surface area (Å²) < 4.78 is 0.